The number of sulfonamides is 1. The highest BCUT2D eigenvalue weighted by Crippen LogP contribution is 2.34. The van der Waals surface area contributed by atoms with Crippen LogP contribution in [0.15, 0.2) is 4.21 Å². The molecule has 0 radical (unpaired) electrons. The first-order valence-corrected chi connectivity index (χ1v) is 9.50. The number of hydrogen-bond acceptors (Lipinski definition) is 7. The summed E-state index contributed by atoms with van der Waals surface area (Å²) in [6.45, 7) is 3.03. The zero-order valence-corrected chi connectivity index (χ0v) is 14.3. The number of hydrogen-bond donors (Lipinski definition) is 4. The third-order valence-electron chi connectivity index (χ3n) is 3.38. The Morgan fingerprint density at radius 2 is 2.26 bits per heavy atom. The Balaban J connectivity index is 2.22. The molecule has 1 aromatic heterocycles. The summed E-state index contributed by atoms with van der Waals surface area (Å²) in [5.41, 5.74) is 0.426. The van der Waals surface area contributed by atoms with Gasteiger partial charge < -0.3 is 20.3 Å². The molecule has 0 amide bonds. The first-order valence-electron chi connectivity index (χ1n) is 7.20. The minimum Gasteiger partial charge on any atom is -0.478 e. The molecule has 1 aliphatic rings. The lowest BCUT2D eigenvalue weighted by Crippen LogP contribution is -2.34. The Labute approximate surface area is 138 Å². The van der Waals surface area contributed by atoms with E-state index in [1.807, 2.05) is 0 Å². The summed E-state index contributed by atoms with van der Waals surface area (Å²) in [6.07, 6.45) is -0.509. The molecule has 0 aromatic carbocycles. The minimum atomic E-state index is -4.01. The molecule has 1 aromatic rings. The largest absolute Gasteiger partial charge is 0.478 e. The van der Waals surface area contributed by atoms with Crippen LogP contribution in [0.4, 0.5) is 0 Å². The zero-order valence-electron chi connectivity index (χ0n) is 12.7. The van der Waals surface area contributed by atoms with Crippen molar-refractivity contribution in [2.45, 2.75) is 30.2 Å². The maximum absolute atomic E-state index is 12.4. The third-order valence-corrected chi connectivity index (χ3v) is 6.55. The first kappa shape index (κ1) is 18.3. The van der Waals surface area contributed by atoms with Crippen molar-refractivity contribution in [2.24, 2.45) is 0 Å². The fraction of sp³-hybridized carbons (Fsp3) is 0.615. The van der Waals surface area contributed by atoms with Gasteiger partial charge in [-0.05, 0) is 25.5 Å². The molecular weight excluding hydrogens is 344 g/mol. The number of ether oxygens (including phenoxy) is 1. The van der Waals surface area contributed by atoms with Crippen molar-refractivity contribution in [3.63, 3.8) is 0 Å². The number of carboxylic acids is 1. The van der Waals surface area contributed by atoms with Crippen molar-refractivity contribution in [1.29, 1.82) is 0 Å². The maximum Gasteiger partial charge on any atom is 0.338 e. The predicted octanol–water partition coefficient (Wildman–Crippen LogP) is -0.232. The molecule has 130 valence electrons. The van der Waals surface area contributed by atoms with Gasteiger partial charge in [0.15, 0.2) is 0 Å². The van der Waals surface area contributed by atoms with E-state index in [1.165, 1.54) is 0 Å². The molecular formula is C13H20N2O6S2. The molecule has 1 atom stereocenters. The van der Waals surface area contributed by atoms with E-state index in [-0.39, 0.29) is 22.9 Å². The fourth-order valence-corrected chi connectivity index (χ4v) is 5.28. The van der Waals surface area contributed by atoms with Gasteiger partial charge in [0.05, 0.1) is 18.3 Å². The zero-order chi connectivity index (χ0) is 17.0. The van der Waals surface area contributed by atoms with Gasteiger partial charge in [-0.2, -0.15) is 0 Å². The predicted molar refractivity (Wildman–Crippen MR) is 84.4 cm³/mol. The highest BCUT2D eigenvalue weighted by atomic mass is 32.2. The molecule has 2 heterocycles. The number of carbonyl (C=O) groups is 1. The summed E-state index contributed by atoms with van der Waals surface area (Å²) in [7, 11) is -4.01. The van der Waals surface area contributed by atoms with Gasteiger partial charge in [0.2, 0.25) is 0 Å². The van der Waals surface area contributed by atoms with E-state index in [0.717, 1.165) is 16.2 Å². The lowest BCUT2D eigenvalue weighted by atomic mass is 10.1. The van der Waals surface area contributed by atoms with Crippen LogP contribution < -0.4 is 10.0 Å². The summed E-state index contributed by atoms with van der Waals surface area (Å²) in [5, 5.41) is 22.1. The van der Waals surface area contributed by atoms with Crippen molar-refractivity contribution in [1.82, 2.24) is 10.0 Å². The second kappa shape index (κ2) is 7.69. The van der Waals surface area contributed by atoms with E-state index in [1.54, 1.807) is 6.92 Å². The van der Waals surface area contributed by atoms with Crippen molar-refractivity contribution in [3.8, 4) is 0 Å². The second-order valence-corrected chi connectivity index (χ2v) is 8.13. The Hall–Kier alpha value is -1.04. The van der Waals surface area contributed by atoms with Gasteiger partial charge in [-0.3, -0.25) is 0 Å². The molecule has 8 nitrogen and oxygen atoms in total. The Morgan fingerprint density at radius 3 is 2.91 bits per heavy atom. The highest BCUT2D eigenvalue weighted by molar-refractivity contribution is 7.91. The van der Waals surface area contributed by atoms with Gasteiger partial charge in [-0.1, -0.05) is 0 Å². The number of nitrogens with one attached hydrogen (secondary N) is 2. The normalized spacial score (nSPS) is 16.1. The summed E-state index contributed by atoms with van der Waals surface area (Å²) in [5.74, 6) is -1.25. The van der Waals surface area contributed by atoms with Crippen LogP contribution in [0.2, 0.25) is 0 Å². The molecule has 0 bridgehead atoms. The topological polar surface area (TPSA) is 125 Å². The molecule has 0 fully saturated rings. The van der Waals surface area contributed by atoms with E-state index in [9.17, 15) is 23.4 Å². The SMILES string of the molecule is CCOCC(O)CNS(=O)(=O)c1sc2c(c1C(=O)O)CCNC2. The smallest absolute Gasteiger partial charge is 0.338 e. The average Bonchev–Trinajstić information content (AvgIpc) is 2.91. The summed E-state index contributed by atoms with van der Waals surface area (Å²) in [4.78, 5) is 12.2. The standard InChI is InChI=1S/C13H20N2O6S2/c1-2-21-7-8(16)5-15-23(19,20)13-11(12(17)18)9-3-4-14-6-10(9)22-13/h8,14-16H,2-7H2,1H3,(H,17,18). The lowest BCUT2D eigenvalue weighted by molar-refractivity contribution is 0.0456. The van der Waals surface area contributed by atoms with E-state index in [4.69, 9.17) is 4.74 Å². The molecule has 1 aliphatic heterocycles. The molecule has 1 unspecified atom stereocenters. The monoisotopic (exact) mass is 364 g/mol. The average molecular weight is 364 g/mol. The third kappa shape index (κ3) is 4.28. The van der Waals surface area contributed by atoms with Crippen molar-refractivity contribution >= 4 is 27.3 Å². The molecule has 0 saturated carbocycles. The quantitative estimate of drug-likeness (QED) is 0.502. The Kier molecular flexibility index (Phi) is 6.12. The molecule has 2 rings (SSSR count). The maximum atomic E-state index is 12.4. The van der Waals surface area contributed by atoms with Crippen LogP contribution in [0.3, 0.4) is 0 Å². The number of aliphatic hydroxyl groups is 1. The van der Waals surface area contributed by atoms with Crippen molar-refractivity contribution in [3.05, 3.63) is 16.0 Å². The summed E-state index contributed by atoms with van der Waals surface area (Å²) < 4.78 is 31.9. The molecule has 0 aliphatic carbocycles. The highest BCUT2D eigenvalue weighted by Gasteiger charge is 2.32. The van der Waals surface area contributed by atoms with Crippen LogP contribution in [-0.2, 0) is 27.7 Å². The number of fused-ring (bicyclic) bond motifs is 1. The number of thiophene rings is 1. The van der Waals surface area contributed by atoms with E-state index >= 15 is 0 Å². The Morgan fingerprint density at radius 1 is 1.52 bits per heavy atom. The van der Waals surface area contributed by atoms with Crippen LogP contribution >= 0.6 is 11.3 Å². The van der Waals surface area contributed by atoms with Gasteiger partial charge in [0.1, 0.15) is 4.21 Å². The number of aliphatic hydroxyl groups excluding tert-OH is 1. The minimum absolute atomic E-state index is 0.00959. The van der Waals surface area contributed by atoms with Gasteiger partial charge in [0, 0.05) is 24.6 Å². The number of aromatic carboxylic acids is 1. The van der Waals surface area contributed by atoms with Crippen LogP contribution in [0.5, 0.6) is 0 Å². The molecule has 0 saturated heterocycles. The number of rotatable bonds is 8. The van der Waals surface area contributed by atoms with Gasteiger partial charge in [0.25, 0.3) is 10.0 Å². The van der Waals surface area contributed by atoms with Gasteiger partial charge in [-0.25, -0.2) is 17.9 Å². The second-order valence-electron chi connectivity index (χ2n) is 5.06. The van der Waals surface area contributed by atoms with Crippen molar-refractivity contribution < 1.29 is 28.2 Å². The lowest BCUT2D eigenvalue weighted by Gasteiger charge is -2.13. The van der Waals surface area contributed by atoms with Gasteiger partial charge in [-0.15, -0.1) is 11.3 Å². The van der Waals surface area contributed by atoms with E-state index in [2.05, 4.69) is 10.0 Å². The van der Waals surface area contributed by atoms with Crippen LogP contribution in [-0.4, -0.2) is 57.0 Å². The molecule has 10 heteroatoms. The summed E-state index contributed by atoms with van der Waals surface area (Å²) >= 11 is 0.960. The fourth-order valence-electron chi connectivity index (χ4n) is 2.30. The molecule has 0 spiro atoms. The van der Waals surface area contributed by atoms with E-state index in [0.29, 0.717) is 31.7 Å². The molecule has 23 heavy (non-hydrogen) atoms. The Bertz CT molecular complexity index is 670. The summed E-state index contributed by atoms with van der Waals surface area (Å²) in [6, 6.07) is 0. The van der Waals surface area contributed by atoms with Crippen LogP contribution in [0.1, 0.15) is 27.7 Å². The van der Waals surface area contributed by atoms with E-state index < -0.39 is 22.1 Å². The van der Waals surface area contributed by atoms with Crippen LogP contribution in [0, 0.1) is 0 Å². The first-order chi connectivity index (χ1) is 10.9. The van der Waals surface area contributed by atoms with Crippen molar-refractivity contribution in [2.75, 3.05) is 26.3 Å². The number of carboxylic acid groups (broad SMARTS) is 1. The van der Waals surface area contributed by atoms with Crippen LogP contribution in [0.25, 0.3) is 0 Å². The van der Waals surface area contributed by atoms with Gasteiger partial charge >= 0.3 is 5.97 Å². The molecule has 4 N–H and O–H groups in total.